The molecule has 0 atom stereocenters. The van der Waals surface area contributed by atoms with E-state index in [9.17, 15) is 4.79 Å². The summed E-state index contributed by atoms with van der Waals surface area (Å²) in [4.78, 5) is 11.8. The summed E-state index contributed by atoms with van der Waals surface area (Å²) in [5.41, 5.74) is 4.04. The van der Waals surface area contributed by atoms with Gasteiger partial charge in [-0.3, -0.25) is 4.79 Å². The lowest BCUT2D eigenvalue weighted by atomic mass is 10.1. The first-order chi connectivity index (χ1) is 8.52. The van der Waals surface area contributed by atoms with Crippen LogP contribution in [0.15, 0.2) is 29.4 Å². The van der Waals surface area contributed by atoms with Crippen molar-refractivity contribution in [3.05, 3.63) is 29.8 Å². The third kappa shape index (κ3) is 4.57. The van der Waals surface area contributed by atoms with Crippen molar-refractivity contribution in [2.75, 3.05) is 7.11 Å². The van der Waals surface area contributed by atoms with Crippen LogP contribution in [0, 0.1) is 5.92 Å². The van der Waals surface area contributed by atoms with Gasteiger partial charge in [-0.15, -0.1) is 0 Å². The molecule has 1 aromatic carbocycles. The molecule has 0 spiro atoms. The molecule has 18 heavy (non-hydrogen) atoms. The van der Waals surface area contributed by atoms with Crippen LogP contribution in [-0.2, 0) is 0 Å². The summed E-state index contributed by atoms with van der Waals surface area (Å²) in [6, 6.07) is 6.92. The number of carbonyl (C=O) groups excluding carboxylic acids is 1. The Balaban J connectivity index is 2.59. The smallest absolute Gasteiger partial charge is 0.271 e. The van der Waals surface area contributed by atoms with Crippen molar-refractivity contribution in [2.24, 2.45) is 11.0 Å². The summed E-state index contributed by atoms with van der Waals surface area (Å²) in [5.74, 6) is 1.05. The molecule has 1 amide bonds. The van der Waals surface area contributed by atoms with Gasteiger partial charge in [-0.1, -0.05) is 13.8 Å². The first kappa shape index (κ1) is 14.2. The van der Waals surface area contributed by atoms with E-state index < -0.39 is 0 Å². The van der Waals surface area contributed by atoms with E-state index in [2.05, 4.69) is 24.4 Å². The number of rotatable bonds is 5. The van der Waals surface area contributed by atoms with Gasteiger partial charge >= 0.3 is 0 Å². The van der Waals surface area contributed by atoms with Gasteiger partial charge in [0.2, 0.25) is 0 Å². The Bertz CT molecular complexity index is 422. The van der Waals surface area contributed by atoms with E-state index in [1.807, 2.05) is 6.92 Å². The van der Waals surface area contributed by atoms with Gasteiger partial charge in [-0.25, -0.2) is 5.43 Å². The zero-order valence-corrected chi connectivity index (χ0v) is 11.4. The van der Waals surface area contributed by atoms with Gasteiger partial charge in [0.25, 0.3) is 5.91 Å². The number of nitrogens with one attached hydrogen (secondary N) is 1. The topological polar surface area (TPSA) is 50.7 Å². The Labute approximate surface area is 108 Å². The molecule has 1 aromatic rings. The van der Waals surface area contributed by atoms with Crippen molar-refractivity contribution in [2.45, 2.75) is 27.2 Å². The highest BCUT2D eigenvalue weighted by Crippen LogP contribution is 2.11. The molecule has 4 nitrogen and oxygen atoms in total. The number of ether oxygens (including phenoxy) is 1. The first-order valence-electron chi connectivity index (χ1n) is 6.00. The number of methoxy groups -OCH3 is 1. The number of nitrogens with zero attached hydrogens (tertiary/aromatic N) is 1. The molecule has 1 rings (SSSR count). The molecule has 4 heteroatoms. The maximum atomic E-state index is 11.8. The summed E-state index contributed by atoms with van der Waals surface area (Å²) in [7, 11) is 1.59. The number of benzene rings is 1. The highest BCUT2D eigenvalue weighted by molar-refractivity contribution is 5.95. The number of carbonyl (C=O) groups is 1. The first-order valence-corrected chi connectivity index (χ1v) is 6.00. The number of amides is 1. The van der Waals surface area contributed by atoms with Gasteiger partial charge in [0.15, 0.2) is 0 Å². The average Bonchev–Trinajstić information content (AvgIpc) is 2.35. The summed E-state index contributed by atoms with van der Waals surface area (Å²) in [6.07, 6.45) is 0.878. The van der Waals surface area contributed by atoms with Gasteiger partial charge < -0.3 is 4.74 Å². The molecule has 0 unspecified atom stereocenters. The van der Waals surface area contributed by atoms with Gasteiger partial charge in [0, 0.05) is 11.3 Å². The molecule has 0 fully saturated rings. The summed E-state index contributed by atoms with van der Waals surface area (Å²) < 4.78 is 5.03. The molecule has 0 bridgehead atoms. The van der Waals surface area contributed by atoms with Gasteiger partial charge in [-0.2, -0.15) is 5.10 Å². The number of hydrazone groups is 1. The molecule has 0 heterocycles. The van der Waals surface area contributed by atoms with Crippen LogP contribution >= 0.6 is 0 Å². The highest BCUT2D eigenvalue weighted by atomic mass is 16.5. The Morgan fingerprint density at radius 2 is 1.94 bits per heavy atom. The van der Waals surface area contributed by atoms with Crippen molar-refractivity contribution in [3.8, 4) is 5.75 Å². The second kappa shape index (κ2) is 6.79. The molecule has 98 valence electrons. The number of hydrogen-bond acceptors (Lipinski definition) is 3. The Kier molecular flexibility index (Phi) is 5.36. The third-order valence-electron chi connectivity index (χ3n) is 2.40. The van der Waals surface area contributed by atoms with Crippen LogP contribution in [0.4, 0.5) is 0 Å². The summed E-state index contributed by atoms with van der Waals surface area (Å²) in [6.45, 7) is 6.14. The minimum atomic E-state index is -0.208. The molecule has 0 aliphatic carbocycles. The van der Waals surface area contributed by atoms with Crippen LogP contribution in [0.5, 0.6) is 5.75 Å². The zero-order chi connectivity index (χ0) is 13.5. The lowest BCUT2D eigenvalue weighted by Crippen LogP contribution is -2.19. The number of hydrogen-bond donors (Lipinski definition) is 1. The SMILES string of the molecule is COc1ccc(C(=O)N/N=C(\C)CC(C)C)cc1. The van der Waals surface area contributed by atoms with Gasteiger partial charge in [0.1, 0.15) is 5.75 Å². The fraction of sp³-hybridized carbons (Fsp3) is 0.429. The van der Waals surface area contributed by atoms with E-state index in [1.54, 1.807) is 31.4 Å². The molecule has 0 radical (unpaired) electrons. The van der Waals surface area contributed by atoms with Crippen LogP contribution in [0.3, 0.4) is 0 Å². The predicted octanol–water partition coefficient (Wildman–Crippen LogP) is 2.85. The fourth-order valence-corrected chi connectivity index (χ4v) is 1.59. The van der Waals surface area contributed by atoms with E-state index in [4.69, 9.17) is 4.74 Å². The minimum absolute atomic E-state index is 0.208. The lowest BCUT2D eigenvalue weighted by Gasteiger charge is -2.05. The quantitative estimate of drug-likeness (QED) is 0.643. The van der Waals surface area contributed by atoms with Gasteiger partial charge in [0.05, 0.1) is 7.11 Å². The highest BCUT2D eigenvalue weighted by Gasteiger charge is 2.05. The lowest BCUT2D eigenvalue weighted by molar-refractivity contribution is 0.0954. The maximum absolute atomic E-state index is 11.8. The maximum Gasteiger partial charge on any atom is 0.271 e. The minimum Gasteiger partial charge on any atom is -0.497 e. The monoisotopic (exact) mass is 248 g/mol. The third-order valence-corrected chi connectivity index (χ3v) is 2.40. The molecule has 0 aromatic heterocycles. The van der Waals surface area contributed by atoms with Crippen LogP contribution in [-0.4, -0.2) is 18.7 Å². The van der Waals surface area contributed by atoms with E-state index in [1.165, 1.54) is 0 Å². The molecular formula is C14H20N2O2. The van der Waals surface area contributed by atoms with Crippen molar-refractivity contribution < 1.29 is 9.53 Å². The fourth-order valence-electron chi connectivity index (χ4n) is 1.59. The molecule has 0 aliphatic rings. The Hall–Kier alpha value is -1.84. The molecular weight excluding hydrogens is 228 g/mol. The van der Waals surface area contributed by atoms with Crippen LogP contribution < -0.4 is 10.2 Å². The average molecular weight is 248 g/mol. The molecule has 0 aliphatic heterocycles. The molecule has 1 N–H and O–H groups in total. The summed E-state index contributed by atoms with van der Waals surface area (Å²) in [5, 5.41) is 4.07. The van der Waals surface area contributed by atoms with E-state index >= 15 is 0 Å². The van der Waals surface area contributed by atoms with Crippen LogP contribution in [0.25, 0.3) is 0 Å². The second-order valence-corrected chi connectivity index (χ2v) is 4.61. The van der Waals surface area contributed by atoms with Crippen molar-refractivity contribution in [1.82, 2.24) is 5.43 Å². The van der Waals surface area contributed by atoms with E-state index in [0.29, 0.717) is 11.5 Å². The normalized spacial score (nSPS) is 11.5. The summed E-state index contributed by atoms with van der Waals surface area (Å²) >= 11 is 0. The van der Waals surface area contributed by atoms with E-state index in [-0.39, 0.29) is 5.91 Å². The standard InChI is InChI=1S/C14H20N2O2/c1-10(2)9-11(3)15-16-14(17)12-5-7-13(18-4)8-6-12/h5-8,10H,9H2,1-4H3,(H,16,17)/b15-11+. The second-order valence-electron chi connectivity index (χ2n) is 4.61. The van der Waals surface area contributed by atoms with Crippen molar-refractivity contribution in [3.63, 3.8) is 0 Å². The van der Waals surface area contributed by atoms with Crippen LogP contribution in [0.1, 0.15) is 37.6 Å². The largest absolute Gasteiger partial charge is 0.497 e. The van der Waals surface area contributed by atoms with Crippen molar-refractivity contribution >= 4 is 11.6 Å². The van der Waals surface area contributed by atoms with E-state index in [0.717, 1.165) is 17.9 Å². The molecule has 0 saturated carbocycles. The van der Waals surface area contributed by atoms with Gasteiger partial charge in [-0.05, 0) is 43.5 Å². The Morgan fingerprint density at radius 1 is 1.33 bits per heavy atom. The predicted molar refractivity (Wildman–Crippen MR) is 73.0 cm³/mol. The Morgan fingerprint density at radius 3 is 2.44 bits per heavy atom. The van der Waals surface area contributed by atoms with Crippen molar-refractivity contribution in [1.29, 1.82) is 0 Å². The zero-order valence-electron chi connectivity index (χ0n) is 11.4. The molecule has 0 saturated heterocycles. The van der Waals surface area contributed by atoms with Crippen LogP contribution in [0.2, 0.25) is 0 Å².